The quantitative estimate of drug-likeness (QED) is 0.594. The Balaban J connectivity index is 3.06. The number of hydrogen-bond donors (Lipinski definition) is 0. The lowest BCUT2D eigenvalue weighted by Crippen LogP contribution is -2.14. The summed E-state index contributed by atoms with van der Waals surface area (Å²) in [4.78, 5) is 0. The Morgan fingerprint density at radius 3 is 1.83 bits per heavy atom. The fraction of sp³-hybridized carbons (Fsp3) is 0.800. The zero-order chi connectivity index (χ0) is 9.57. The van der Waals surface area contributed by atoms with Crippen LogP contribution in [0.3, 0.4) is 0 Å². The average Bonchev–Trinajstić information content (AvgIpc) is 2.47. The summed E-state index contributed by atoms with van der Waals surface area (Å²) in [5.41, 5.74) is -0.521. The van der Waals surface area contributed by atoms with E-state index in [9.17, 15) is 0 Å². The Labute approximate surface area is 73.8 Å². The molecular weight excluding hydrogens is 148 g/mol. The second kappa shape index (κ2) is 2.23. The molecule has 12 heavy (non-hydrogen) atoms. The topological polar surface area (TPSA) is 47.6 Å². The van der Waals surface area contributed by atoms with Crippen LogP contribution in [0.25, 0.3) is 0 Å². The van der Waals surface area contributed by atoms with Gasteiger partial charge in [-0.15, -0.1) is 0 Å². The van der Waals surface area contributed by atoms with Crippen molar-refractivity contribution >= 4 is 0 Å². The maximum Gasteiger partial charge on any atom is 0.0824 e. The van der Waals surface area contributed by atoms with Gasteiger partial charge in [0.15, 0.2) is 0 Å². The Hall–Kier alpha value is -1.02. The summed E-state index contributed by atoms with van der Waals surface area (Å²) < 4.78 is 0. The summed E-state index contributed by atoms with van der Waals surface area (Å²) in [5, 5.41) is 17.9. The van der Waals surface area contributed by atoms with E-state index < -0.39 is 5.41 Å². The van der Waals surface area contributed by atoms with Crippen LogP contribution in [0.1, 0.15) is 27.7 Å². The highest BCUT2D eigenvalue weighted by Crippen LogP contribution is 2.71. The first kappa shape index (κ1) is 9.07. The van der Waals surface area contributed by atoms with Gasteiger partial charge in [0.2, 0.25) is 0 Å². The molecule has 0 aromatic carbocycles. The van der Waals surface area contributed by atoms with Crippen molar-refractivity contribution in [1.82, 2.24) is 0 Å². The van der Waals surface area contributed by atoms with Crippen molar-refractivity contribution in [2.24, 2.45) is 22.7 Å². The van der Waals surface area contributed by atoms with Gasteiger partial charge >= 0.3 is 0 Å². The van der Waals surface area contributed by atoms with Gasteiger partial charge in [0.05, 0.1) is 23.5 Å². The first-order valence-corrected chi connectivity index (χ1v) is 4.26. The van der Waals surface area contributed by atoms with E-state index in [0.29, 0.717) is 0 Å². The predicted octanol–water partition coefficient (Wildman–Crippen LogP) is 2.33. The molecule has 2 nitrogen and oxygen atoms in total. The van der Waals surface area contributed by atoms with E-state index in [0.717, 1.165) is 0 Å². The first-order chi connectivity index (χ1) is 5.45. The number of nitrogens with zero attached hydrogens (tertiary/aromatic N) is 2. The first-order valence-electron chi connectivity index (χ1n) is 4.26. The van der Waals surface area contributed by atoms with Crippen LogP contribution in [0.5, 0.6) is 0 Å². The van der Waals surface area contributed by atoms with Crippen molar-refractivity contribution < 1.29 is 0 Å². The van der Waals surface area contributed by atoms with Gasteiger partial charge in [0.25, 0.3) is 0 Å². The van der Waals surface area contributed by atoms with Gasteiger partial charge in [-0.3, -0.25) is 0 Å². The van der Waals surface area contributed by atoms with Gasteiger partial charge in [0, 0.05) is 5.41 Å². The van der Waals surface area contributed by atoms with Gasteiger partial charge in [-0.25, -0.2) is 0 Å². The van der Waals surface area contributed by atoms with Gasteiger partial charge in [0.1, 0.15) is 0 Å². The highest BCUT2D eigenvalue weighted by atomic mass is 14.7. The van der Waals surface area contributed by atoms with Crippen molar-refractivity contribution in [2.75, 3.05) is 0 Å². The molecule has 2 heteroatoms. The number of hydrogen-bond acceptors (Lipinski definition) is 2. The third-order valence-electron chi connectivity index (χ3n) is 3.38. The molecule has 2 atom stereocenters. The molecule has 1 aliphatic rings. The number of nitriles is 2. The molecule has 1 fully saturated rings. The normalized spacial score (nSPS) is 37.1. The van der Waals surface area contributed by atoms with E-state index in [1.54, 1.807) is 0 Å². The zero-order valence-electron chi connectivity index (χ0n) is 8.05. The molecule has 64 valence electrons. The maximum absolute atomic E-state index is 9.06. The molecule has 0 bridgehead atoms. The smallest absolute Gasteiger partial charge is 0.0824 e. The lowest BCUT2D eigenvalue weighted by molar-refractivity contribution is 0.360. The second-order valence-corrected chi connectivity index (χ2v) is 4.42. The monoisotopic (exact) mass is 162 g/mol. The Morgan fingerprint density at radius 2 is 1.75 bits per heavy atom. The summed E-state index contributed by atoms with van der Waals surface area (Å²) in [5.74, 6) is 0.178. The van der Waals surface area contributed by atoms with Crippen LogP contribution in [0, 0.1) is 45.3 Å². The summed E-state index contributed by atoms with van der Waals surface area (Å²) >= 11 is 0. The van der Waals surface area contributed by atoms with E-state index in [2.05, 4.69) is 12.1 Å². The fourth-order valence-electron chi connectivity index (χ4n) is 2.48. The summed E-state index contributed by atoms with van der Waals surface area (Å²) in [6.07, 6.45) is 0. The van der Waals surface area contributed by atoms with Gasteiger partial charge in [-0.2, -0.15) is 10.5 Å². The van der Waals surface area contributed by atoms with Crippen molar-refractivity contribution in [3.05, 3.63) is 0 Å². The van der Waals surface area contributed by atoms with Crippen LogP contribution in [-0.2, 0) is 0 Å². The molecule has 0 heterocycles. The standard InChI is InChI=1S/C10H14N2/c1-7(2)10(6-12)8(5-11)9(10,3)4/h7-8H,1-4H3. The molecule has 1 saturated carbocycles. The van der Waals surface area contributed by atoms with Crippen LogP contribution in [0.15, 0.2) is 0 Å². The minimum absolute atomic E-state index is 0.0880. The summed E-state index contributed by atoms with van der Waals surface area (Å²) in [6.45, 7) is 8.04. The second-order valence-electron chi connectivity index (χ2n) is 4.42. The third-order valence-corrected chi connectivity index (χ3v) is 3.38. The average molecular weight is 162 g/mol. The highest BCUT2D eigenvalue weighted by molar-refractivity contribution is 5.34. The highest BCUT2D eigenvalue weighted by Gasteiger charge is 2.73. The van der Waals surface area contributed by atoms with E-state index >= 15 is 0 Å². The fourth-order valence-corrected chi connectivity index (χ4v) is 2.48. The summed E-state index contributed by atoms with van der Waals surface area (Å²) in [7, 11) is 0. The molecule has 0 aromatic rings. The third kappa shape index (κ3) is 0.681. The van der Waals surface area contributed by atoms with Crippen molar-refractivity contribution in [3.63, 3.8) is 0 Å². The van der Waals surface area contributed by atoms with Gasteiger partial charge < -0.3 is 0 Å². The van der Waals surface area contributed by atoms with Crippen molar-refractivity contribution in [1.29, 1.82) is 10.5 Å². The number of rotatable bonds is 1. The molecule has 0 spiro atoms. The van der Waals surface area contributed by atoms with E-state index in [1.807, 2.05) is 27.7 Å². The predicted molar refractivity (Wildman–Crippen MR) is 45.8 cm³/mol. The van der Waals surface area contributed by atoms with E-state index in [-0.39, 0.29) is 17.3 Å². The minimum Gasteiger partial charge on any atom is -0.198 e. The molecule has 0 amide bonds. The summed E-state index contributed by atoms with van der Waals surface area (Å²) in [6, 6.07) is 4.55. The SMILES string of the molecule is CC(C)C1(C#N)C(C#N)C1(C)C. The largest absolute Gasteiger partial charge is 0.198 e. The molecule has 1 aliphatic carbocycles. The minimum atomic E-state index is -0.401. The Morgan fingerprint density at radius 1 is 1.25 bits per heavy atom. The molecule has 0 aliphatic heterocycles. The van der Waals surface area contributed by atoms with Crippen LogP contribution < -0.4 is 0 Å². The lowest BCUT2D eigenvalue weighted by atomic mass is 9.86. The van der Waals surface area contributed by atoms with Crippen LogP contribution in [-0.4, -0.2) is 0 Å². The molecular formula is C10H14N2. The molecule has 0 N–H and O–H groups in total. The van der Waals surface area contributed by atoms with Crippen molar-refractivity contribution in [3.8, 4) is 12.1 Å². The van der Waals surface area contributed by atoms with E-state index in [4.69, 9.17) is 10.5 Å². The zero-order valence-corrected chi connectivity index (χ0v) is 8.05. The molecule has 0 saturated heterocycles. The maximum atomic E-state index is 9.06. The van der Waals surface area contributed by atoms with Crippen LogP contribution in [0.4, 0.5) is 0 Å². The van der Waals surface area contributed by atoms with Crippen molar-refractivity contribution in [2.45, 2.75) is 27.7 Å². The Kier molecular flexibility index (Phi) is 1.69. The van der Waals surface area contributed by atoms with Gasteiger partial charge in [-0.05, 0) is 5.92 Å². The molecule has 0 aromatic heterocycles. The molecule has 1 rings (SSSR count). The lowest BCUT2D eigenvalue weighted by Gasteiger charge is -2.14. The molecule has 0 radical (unpaired) electrons. The Bertz CT molecular complexity index is 277. The molecule has 2 unspecified atom stereocenters. The van der Waals surface area contributed by atoms with Crippen LogP contribution in [0.2, 0.25) is 0 Å². The van der Waals surface area contributed by atoms with Gasteiger partial charge in [-0.1, -0.05) is 27.7 Å². The van der Waals surface area contributed by atoms with E-state index in [1.165, 1.54) is 0 Å². The van der Waals surface area contributed by atoms with Crippen LogP contribution >= 0.6 is 0 Å².